The molecule has 2 nitrogen and oxygen atoms in total. The van der Waals surface area contributed by atoms with Crippen molar-refractivity contribution in [2.24, 2.45) is 0 Å². The Morgan fingerprint density at radius 1 is 1.36 bits per heavy atom. The van der Waals surface area contributed by atoms with Crippen LogP contribution in [0.15, 0.2) is 22.7 Å². The normalized spacial score (nSPS) is 10.7. The predicted octanol–water partition coefficient (Wildman–Crippen LogP) is 2.44. The summed E-state index contributed by atoms with van der Waals surface area (Å²) in [4.78, 5) is 4.21. The number of hydrogen-bond acceptors (Lipinski definition) is 2. The Balaban J connectivity index is 2.92. The highest BCUT2D eigenvalue weighted by molar-refractivity contribution is 5.76. The molecule has 0 aliphatic carbocycles. The number of furan rings is 1. The Hall–Kier alpha value is -1.31. The van der Waals surface area contributed by atoms with E-state index >= 15 is 0 Å². The fourth-order valence-corrected chi connectivity index (χ4v) is 1.16. The van der Waals surface area contributed by atoms with Crippen LogP contribution in [-0.4, -0.2) is 4.98 Å². The van der Waals surface area contributed by atoms with Gasteiger partial charge >= 0.3 is 0 Å². The van der Waals surface area contributed by atoms with Crippen LogP contribution in [0.2, 0.25) is 0 Å². The Bertz CT molecular complexity index is 389. The van der Waals surface area contributed by atoms with Crippen LogP contribution in [0.4, 0.5) is 0 Å². The quantitative estimate of drug-likeness (QED) is 0.572. The fourth-order valence-electron chi connectivity index (χ4n) is 1.16. The summed E-state index contributed by atoms with van der Waals surface area (Å²) in [6, 6.07) is 3.81. The van der Waals surface area contributed by atoms with Gasteiger partial charge in [-0.05, 0) is 26.0 Å². The summed E-state index contributed by atoms with van der Waals surface area (Å²) in [5.41, 5.74) is 2.99. The highest BCUT2D eigenvalue weighted by atomic mass is 16.3. The third kappa shape index (κ3) is 0.827. The summed E-state index contributed by atoms with van der Waals surface area (Å²) in [5, 5.41) is 0. The van der Waals surface area contributed by atoms with E-state index in [0.717, 1.165) is 22.4 Å². The largest absolute Gasteiger partial charge is 0.459 e. The van der Waals surface area contributed by atoms with Crippen LogP contribution in [-0.2, 0) is 0 Å². The average Bonchev–Trinajstić information content (AvgIpc) is 2.30. The van der Waals surface area contributed by atoms with E-state index in [1.54, 1.807) is 6.20 Å². The zero-order valence-corrected chi connectivity index (χ0v) is 6.59. The standard InChI is InChI=1S/C9H9NO/c1-6-7(2)11-8-4-3-5-10-9(6)8/h3-5H,1-2H3. The third-order valence-electron chi connectivity index (χ3n) is 1.92. The molecule has 2 rings (SSSR count). The van der Waals surface area contributed by atoms with Gasteiger partial charge in [-0.25, -0.2) is 0 Å². The van der Waals surface area contributed by atoms with E-state index in [-0.39, 0.29) is 0 Å². The topological polar surface area (TPSA) is 26.0 Å². The summed E-state index contributed by atoms with van der Waals surface area (Å²) in [5.74, 6) is 0.957. The first-order valence-electron chi connectivity index (χ1n) is 3.60. The van der Waals surface area contributed by atoms with E-state index in [4.69, 9.17) is 4.42 Å². The minimum absolute atomic E-state index is 0.877. The SMILES string of the molecule is Cc1oc2cccnc2c1C. The van der Waals surface area contributed by atoms with Crippen molar-refractivity contribution in [3.05, 3.63) is 29.7 Å². The van der Waals surface area contributed by atoms with E-state index in [0.29, 0.717) is 0 Å². The van der Waals surface area contributed by atoms with Crippen molar-refractivity contribution in [1.82, 2.24) is 4.98 Å². The van der Waals surface area contributed by atoms with Gasteiger partial charge in [0.2, 0.25) is 0 Å². The van der Waals surface area contributed by atoms with Crippen molar-refractivity contribution < 1.29 is 4.42 Å². The molecule has 0 saturated heterocycles. The van der Waals surface area contributed by atoms with Gasteiger partial charge in [0.15, 0.2) is 5.58 Å². The maximum atomic E-state index is 5.44. The molecule has 0 amide bonds. The van der Waals surface area contributed by atoms with Crippen molar-refractivity contribution in [2.75, 3.05) is 0 Å². The molecule has 0 fully saturated rings. The van der Waals surface area contributed by atoms with Crippen molar-refractivity contribution in [1.29, 1.82) is 0 Å². The predicted molar refractivity (Wildman–Crippen MR) is 43.5 cm³/mol. The Morgan fingerprint density at radius 3 is 2.91 bits per heavy atom. The van der Waals surface area contributed by atoms with E-state index in [1.165, 1.54) is 0 Å². The molecular formula is C9H9NO. The Kier molecular flexibility index (Phi) is 1.22. The molecule has 0 N–H and O–H groups in total. The number of nitrogens with zero attached hydrogens (tertiary/aromatic N) is 1. The van der Waals surface area contributed by atoms with Gasteiger partial charge in [-0.3, -0.25) is 4.98 Å². The van der Waals surface area contributed by atoms with Gasteiger partial charge in [-0.1, -0.05) is 0 Å². The minimum Gasteiger partial charge on any atom is -0.459 e. The summed E-state index contributed by atoms with van der Waals surface area (Å²) in [7, 11) is 0. The highest BCUT2D eigenvalue weighted by Crippen LogP contribution is 2.21. The zero-order chi connectivity index (χ0) is 7.84. The van der Waals surface area contributed by atoms with E-state index < -0.39 is 0 Å². The molecule has 2 heterocycles. The number of hydrogen-bond donors (Lipinski definition) is 0. The average molecular weight is 147 g/mol. The number of pyridine rings is 1. The molecule has 0 bridgehead atoms. The number of fused-ring (bicyclic) bond motifs is 1. The van der Waals surface area contributed by atoms with Gasteiger partial charge in [-0.15, -0.1) is 0 Å². The Labute approximate surface area is 64.9 Å². The molecule has 2 aromatic heterocycles. The van der Waals surface area contributed by atoms with Crippen molar-refractivity contribution in [3.63, 3.8) is 0 Å². The summed E-state index contributed by atoms with van der Waals surface area (Å²) in [6.07, 6.45) is 1.78. The van der Waals surface area contributed by atoms with Crippen LogP contribution in [0.5, 0.6) is 0 Å². The summed E-state index contributed by atoms with van der Waals surface area (Å²) >= 11 is 0. The lowest BCUT2D eigenvalue weighted by Crippen LogP contribution is -1.74. The molecule has 0 aromatic carbocycles. The van der Waals surface area contributed by atoms with E-state index in [9.17, 15) is 0 Å². The van der Waals surface area contributed by atoms with Crippen LogP contribution >= 0.6 is 0 Å². The Morgan fingerprint density at radius 2 is 2.18 bits per heavy atom. The number of rotatable bonds is 0. The molecule has 11 heavy (non-hydrogen) atoms. The zero-order valence-electron chi connectivity index (χ0n) is 6.59. The molecule has 0 aliphatic rings. The number of aromatic nitrogens is 1. The molecule has 0 atom stereocenters. The maximum absolute atomic E-state index is 5.44. The lowest BCUT2D eigenvalue weighted by Gasteiger charge is -1.84. The highest BCUT2D eigenvalue weighted by Gasteiger charge is 2.05. The van der Waals surface area contributed by atoms with Gasteiger partial charge in [0.25, 0.3) is 0 Å². The van der Waals surface area contributed by atoms with Crippen LogP contribution in [0.1, 0.15) is 11.3 Å². The second-order valence-electron chi connectivity index (χ2n) is 2.63. The summed E-state index contributed by atoms with van der Waals surface area (Å²) < 4.78 is 5.44. The van der Waals surface area contributed by atoms with Crippen molar-refractivity contribution >= 4 is 11.1 Å². The monoisotopic (exact) mass is 147 g/mol. The first-order chi connectivity index (χ1) is 5.29. The van der Waals surface area contributed by atoms with Gasteiger partial charge in [-0.2, -0.15) is 0 Å². The summed E-state index contributed by atoms with van der Waals surface area (Å²) in [6.45, 7) is 3.98. The molecule has 56 valence electrons. The van der Waals surface area contributed by atoms with Crippen molar-refractivity contribution in [2.45, 2.75) is 13.8 Å². The fraction of sp³-hybridized carbons (Fsp3) is 0.222. The van der Waals surface area contributed by atoms with Crippen LogP contribution in [0.3, 0.4) is 0 Å². The lowest BCUT2D eigenvalue weighted by atomic mass is 10.2. The van der Waals surface area contributed by atoms with Gasteiger partial charge in [0.05, 0.1) is 0 Å². The molecule has 0 aliphatic heterocycles. The molecule has 2 heteroatoms. The van der Waals surface area contributed by atoms with Crippen molar-refractivity contribution in [3.8, 4) is 0 Å². The second-order valence-corrected chi connectivity index (χ2v) is 2.63. The third-order valence-corrected chi connectivity index (χ3v) is 1.92. The molecule has 0 saturated carbocycles. The first kappa shape index (κ1) is 6.40. The smallest absolute Gasteiger partial charge is 0.152 e. The molecule has 0 unspecified atom stereocenters. The van der Waals surface area contributed by atoms with Gasteiger partial charge in [0, 0.05) is 11.8 Å². The van der Waals surface area contributed by atoms with Crippen LogP contribution in [0, 0.1) is 13.8 Å². The molecule has 2 aromatic rings. The van der Waals surface area contributed by atoms with Gasteiger partial charge in [0.1, 0.15) is 11.3 Å². The number of aryl methyl sites for hydroxylation is 2. The van der Waals surface area contributed by atoms with E-state index in [2.05, 4.69) is 4.98 Å². The van der Waals surface area contributed by atoms with Gasteiger partial charge < -0.3 is 4.42 Å². The second kappa shape index (κ2) is 2.09. The van der Waals surface area contributed by atoms with E-state index in [1.807, 2.05) is 26.0 Å². The minimum atomic E-state index is 0.877. The molecule has 0 spiro atoms. The van der Waals surface area contributed by atoms with Crippen LogP contribution in [0.25, 0.3) is 11.1 Å². The lowest BCUT2D eigenvalue weighted by molar-refractivity contribution is 0.575. The maximum Gasteiger partial charge on any atom is 0.152 e. The van der Waals surface area contributed by atoms with Crippen LogP contribution < -0.4 is 0 Å². The first-order valence-corrected chi connectivity index (χ1v) is 3.60. The molecular weight excluding hydrogens is 138 g/mol. The molecule has 0 radical (unpaired) electrons.